The minimum absolute atomic E-state index is 0.0598. The smallest absolute Gasteiger partial charge is 0.296 e. The van der Waals surface area contributed by atoms with Gasteiger partial charge in [0.15, 0.2) is 0 Å². The number of carbonyl (C=O) groups is 2. The summed E-state index contributed by atoms with van der Waals surface area (Å²) >= 11 is 0. The van der Waals surface area contributed by atoms with Gasteiger partial charge in [0.25, 0.3) is 6.43 Å². The molecule has 0 spiro atoms. The maximum Gasteiger partial charge on any atom is 0.296 e. The van der Waals surface area contributed by atoms with Crippen molar-refractivity contribution >= 4 is 11.6 Å². The number of aliphatic hydroxyl groups excluding tert-OH is 1. The molecule has 0 aliphatic heterocycles. The van der Waals surface area contributed by atoms with Gasteiger partial charge in [-0.25, -0.2) is 8.78 Å². The van der Waals surface area contributed by atoms with Gasteiger partial charge in [-0.2, -0.15) is 0 Å². The van der Waals surface area contributed by atoms with Crippen LogP contribution in [0.25, 0.3) is 0 Å². The van der Waals surface area contributed by atoms with E-state index >= 15 is 0 Å². The van der Waals surface area contributed by atoms with E-state index in [0.29, 0.717) is 0 Å². The summed E-state index contributed by atoms with van der Waals surface area (Å²) in [4.78, 5) is 24.7. The van der Waals surface area contributed by atoms with Crippen molar-refractivity contribution in [3.8, 4) is 0 Å². The van der Waals surface area contributed by atoms with Crippen molar-refractivity contribution in [3.63, 3.8) is 0 Å². The summed E-state index contributed by atoms with van der Waals surface area (Å²) < 4.78 is 26.2. The third-order valence-corrected chi connectivity index (χ3v) is 8.30. The molecule has 1 N–H and O–H groups in total. The summed E-state index contributed by atoms with van der Waals surface area (Å²) in [7, 11) is 0. The Kier molecular flexibility index (Phi) is 4.18. The highest BCUT2D eigenvalue weighted by Gasteiger charge is 2.65. The molecule has 0 aromatic carbocycles. The SMILES string of the molecule is C[C@]12C[C@H](O)[C@H]3[C@@H](CCC4=CCCC[C@@]43C)[C@@H]1CC(=O)[C@@H]2C(=O)C(F)F. The highest BCUT2D eigenvalue weighted by Crippen LogP contribution is 2.66. The van der Waals surface area contributed by atoms with Crippen LogP contribution in [-0.2, 0) is 9.59 Å². The molecule has 26 heavy (non-hydrogen) atoms. The van der Waals surface area contributed by atoms with Gasteiger partial charge in [-0.3, -0.25) is 9.59 Å². The number of carbonyl (C=O) groups excluding carboxylic acids is 2. The van der Waals surface area contributed by atoms with E-state index in [1.807, 2.05) is 0 Å². The van der Waals surface area contributed by atoms with Gasteiger partial charge >= 0.3 is 0 Å². The molecule has 3 saturated carbocycles. The van der Waals surface area contributed by atoms with E-state index in [-0.39, 0.29) is 41.8 Å². The van der Waals surface area contributed by atoms with Crippen molar-refractivity contribution in [2.45, 2.75) is 71.3 Å². The number of hydrogen-bond donors (Lipinski definition) is 1. The number of alkyl halides is 2. The van der Waals surface area contributed by atoms with Gasteiger partial charge in [-0.15, -0.1) is 0 Å². The molecule has 5 heteroatoms. The lowest BCUT2D eigenvalue weighted by molar-refractivity contribution is -0.153. The van der Waals surface area contributed by atoms with Crippen LogP contribution >= 0.6 is 0 Å². The van der Waals surface area contributed by atoms with Crippen molar-refractivity contribution in [2.24, 2.45) is 34.5 Å². The Balaban J connectivity index is 1.73. The van der Waals surface area contributed by atoms with Crippen LogP contribution in [-0.4, -0.2) is 29.2 Å². The van der Waals surface area contributed by atoms with Crippen LogP contribution in [0.4, 0.5) is 8.78 Å². The van der Waals surface area contributed by atoms with Gasteiger partial charge in [-0.05, 0) is 67.1 Å². The quantitative estimate of drug-likeness (QED) is 0.595. The molecular weight excluding hydrogens is 338 g/mol. The number of rotatable bonds is 2. The summed E-state index contributed by atoms with van der Waals surface area (Å²) in [6.07, 6.45) is 4.10. The van der Waals surface area contributed by atoms with Crippen LogP contribution < -0.4 is 0 Å². The highest BCUT2D eigenvalue weighted by molar-refractivity contribution is 6.06. The van der Waals surface area contributed by atoms with Gasteiger partial charge < -0.3 is 5.11 Å². The Bertz CT molecular complexity index is 672. The summed E-state index contributed by atoms with van der Waals surface area (Å²) in [6.45, 7) is 4.03. The van der Waals surface area contributed by atoms with Gasteiger partial charge in [0.2, 0.25) is 5.78 Å². The second-order valence-corrected chi connectivity index (χ2v) is 9.46. The first-order chi connectivity index (χ1) is 12.2. The first-order valence-corrected chi connectivity index (χ1v) is 9.92. The van der Waals surface area contributed by atoms with E-state index in [9.17, 15) is 23.5 Å². The van der Waals surface area contributed by atoms with Crippen molar-refractivity contribution in [1.29, 1.82) is 0 Å². The number of halogens is 2. The van der Waals surface area contributed by atoms with Crippen LogP contribution in [0.1, 0.15) is 58.8 Å². The average molecular weight is 366 g/mol. The lowest BCUT2D eigenvalue weighted by Gasteiger charge is -2.59. The fraction of sp³-hybridized carbons (Fsp3) is 0.810. The topological polar surface area (TPSA) is 54.4 Å². The summed E-state index contributed by atoms with van der Waals surface area (Å²) in [5.41, 5.74) is 0.532. The molecule has 0 bridgehead atoms. The van der Waals surface area contributed by atoms with E-state index in [1.165, 1.54) is 5.57 Å². The van der Waals surface area contributed by atoms with Crippen LogP contribution in [0.2, 0.25) is 0 Å². The Hall–Kier alpha value is -1.10. The largest absolute Gasteiger partial charge is 0.393 e. The van der Waals surface area contributed by atoms with Crippen molar-refractivity contribution < 1.29 is 23.5 Å². The molecule has 0 aromatic rings. The number of hydrogen-bond acceptors (Lipinski definition) is 3. The molecule has 3 nitrogen and oxygen atoms in total. The molecular formula is C21H28F2O3. The van der Waals surface area contributed by atoms with E-state index in [4.69, 9.17) is 0 Å². The van der Waals surface area contributed by atoms with Crippen LogP contribution in [0.3, 0.4) is 0 Å². The van der Waals surface area contributed by atoms with Crippen LogP contribution in [0, 0.1) is 34.5 Å². The summed E-state index contributed by atoms with van der Waals surface area (Å²) in [6, 6.07) is 0. The first-order valence-electron chi connectivity index (χ1n) is 9.92. The Morgan fingerprint density at radius 2 is 2.08 bits per heavy atom. The zero-order valence-electron chi connectivity index (χ0n) is 15.5. The molecule has 3 fully saturated rings. The molecule has 0 aromatic heterocycles. The van der Waals surface area contributed by atoms with Gasteiger partial charge in [0.1, 0.15) is 5.78 Å². The predicted octanol–water partition coefficient (Wildman–Crippen LogP) is 3.94. The van der Waals surface area contributed by atoms with Crippen LogP contribution in [0.5, 0.6) is 0 Å². The third-order valence-electron chi connectivity index (χ3n) is 8.30. The Morgan fingerprint density at radius 1 is 1.35 bits per heavy atom. The van der Waals surface area contributed by atoms with Gasteiger partial charge in [0, 0.05) is 6.42 Å². The van der Waals surface area contributed by atoms with Gasteiger partial charge in [0.05, 0.1) is 12.0 Å². The fourth-order valence-corrected chi connectivity index (χ4v) is 7.29. The second-order valence-electron chi connectivity index (χ2n) is 9.46. The van der Waals surface area contributed by atoms with Crippen LogP contribution in [0.15, 0.2) is 11.6 Å². The molecule has 4 aliphatic rings. The molecule has 0 radical (unpaired) electrons. The predicted molar refractivity (Wildman–Crippen MR) is 92.6 cm³/mol. The number of Topliss-reactive ketones (excluding diaryl/α,β-unsaturated/α-hetero) is 2. The van der Waals surface area contributed by atoms with Crippen molar-refractivity contribution in [3.05, 3.63) is 11.6 Å². The van der Waals surface area contributed by atoms with Crippen molar-refractivity contribution in [2.75, 3.05) is 0 Å². The highest BCUT2D eigenvalue weighted by atomic mass is 19.3. The fourth-order valence-electron chi connectivity index (χ4n) is 7.29. The zero-order chi connectivity index (χ0) is 18.9. The second kappa shape index (κ2) is 5.95. The first kappa shape index (κ1) is 18.3. The van der Waals surface area contributed by atoms with E-state index < -0.39 is 29.6 Å². The monoisotopic (exact) mass is 366 g/mol. The molecule has 0 saturated heterocycles. The lowest BCUT2D eigenvalue weighted by Crippen LogP contribution is -2.57. The molecule has 4 rings (SSSR count). The average Bonchev–Trinajstić information content (AvgIpc) is 2.83. The summed E-state index contributed by atoms with van der Waals surface area (Å²) in [5, 5.41) is 11.1. The molecule has 0 unspecified atom stereocenters. The molecule has 0 amide bonds. The number of fused-ring (bicyclic) bond motifs is 5. The number of aliphatic hydroxyl groups is 1. The standard InChI is InChI=1S/C21H28F2O3/c1-20-8-4-3-5-11(20)6-7-12-13-9-14(24)17(18(26)19(22)23)21(13,2)10-15(25)16(12)20/h5,12-13,15-17,19,25H,3-4,6-10H2,1-2H3/t12-,13-,15-,16+,17+,20-,21-/m0/s1. The Labute approximate surface area is 153 Å². The van der Waals surface area contributed by atoms with E-state index in [2.05, 4.69) is 13.0 Å². The van der Waals surface area contributed by atoms with E-state index in [1.54, 1.807) is 6.92 Å². The van der Waals surface area contributed by atoms with Crippen molar-refractivity contribution in [1.82, 2.24) is 0 Å². The van der Waals surface area contributed by atoms with Gasteiger partial charge in [-0.1, -0.05) is 25.5 Å². The molecule has 7 atom stereocenters. The maximum absolute atomic E-state index is 13.1. The number of ketones is 2. The minimum Gasteiger partial charge on any atom is -0.393 e. The molecule has 4 aliphatic carbocycles. The molecule has 0 heterocycles. The third kappa shape index (κ3) is 2.31. The zero-order valence-corrected chi connectivity index (χ0v) is 15.5. The van der Waals surface area contributed by atoms with E-state index in [0.717, 1.165) is 32.1 Å². The maximum atomic E-state index is 13.1. The molecule has 144 valence electrons. The normalized spacial score (nSPS) is 47.8. The number of allylic oxidation sites excluding steroid dienone is 2. The summed E-state index contributed by atoms with van der Waals surface area (Å²) in [5.74, 6) is -2.72. The lowest BCUT2D eigenvalue weighted by atomic mass is 9.46. The minimum atomic E-state index is -3.12. The Morgan fingerprint density at radius 3 is 2.77 bits per heavy atom.